The van der Waals surface area contributed by atoms with Gasteiger partial charge < -0.3 is 14.5 Å². The van der Waals surface area contributed by atoms with Gasteiger partial charge in [-0.05, 0) is 19.1 Å². The molecule has 0 saturated carbocycles. The van der Waals surface area contributed by atoms with Crippen LogP contribution < -0.4 is 4.90 Å². The van der Waals surface area contributed by atoms with E-state index in [4.69, 9.17) is 16.3 Å². The van der Waals surface area contributed by atoms with Crippen LogP contribution in [0, 0.1) is 0 Å². The topological polar surface area (TPSA) is 62.7 Å². The average Bonchev–Trinajstić information content (AvgIpc) is 2.39. The van der Waals surface area contributed by atoms with Crippen LogP contribution >= 0.6 is 11.6 Å². The van der Waals surface area contributed by atoms with Crippen molar-refractivity contribution in [1.29, 1.82) is 0 Å². The first kappa shape index (κ1) is 16.2. The molecule has 0 N–H and O–H groups in total. The minimum atomic E-state index is -0.421. The zero-order chi connectivity index (χ0) is 15.1. The van der Waals surface area contributed by atoms with Gasteiger partial charge in [0.05, 0.1) is 18.2 Å². The van der Waals surface area contributed by atoms with E-state index in [1.165, 1.54) is 11.1 Å². The summed E-state index contributed by atoms with van der Waals surface area (Å²) in [6.45, 7) is 2.08. The van der Waals surface area contributed by atoms with E-state index in [2.05, 4.69) is 4.98 Å². The van der Waals surface area contributed by atoms with E-state index in [1.807, 2.05) is 0 Å². The van der Waals surface area contributed by atoms with Gasteiger partial charge in [0.2, 0.25) is 5.91 Å². The Morgan fingerprint density at radius 1 is 1.30 bits per heavy atom. The summed E-state index contributed by atoms with van der Waals surface area (Å²) in [6.07, 6.45) is 1.51. The van der Waals surface area contributed by atoms with Crippen molar-refractivity contribution in [1.82, 2.24) is 9.88 Å². The number of esters is 1. The fourth-order valence-corrected chi connectivity index (χ4v) is 1.60. The predicted octanol–water partition coefficient (Wildman–Crippen LogP) is 1.19. The van der Waals surface area contributed by atoms with Gasteiger partial charge >= 0.3 is 5.97 Å². The Labute approximate surface area is 123 Å². The van der Waals surface area contributed by atoms with Crippen LogP contribution in [0.1, 0.15) is 6.92 Å². The van der Waals surface area contributed by atoms with Crippen LogP contribution in [-0.2, 0) is 14.3 Å². The molecular formula is C13H18ClN3O3. The molecular weight excluding hydrogens is 282 g/mol. The van der Waals surface area contributed by atoms with E-state index < -0.39 is 5.97 Å². The summed E-state index contributed by atoms with van der Waals surface area (Å²) in [7, 11) is 3.30. The van der Waals surface area contributed by atoms with Crippen molar-refractivity contribution < 1.29 is 14.3 Å². The smallest absolute Gasteiger partial charge is 0.325 e. The summed E-state index contributed by atoms with van der Waals surface area (Å²) < 4.78 is 4.79. The SMILES string of the molecule is CCOC(=O)CN(C)C(=O)CN(C)c1ccc(Cl)cn1. The number of amides is 1. The Balaban J connectivity index is 2.52. The molecule has 1 rings (SSSR count). The lowest BCUT2D eigenvalue weighted by Crippen LogP contribution is -2.39. The maximum Gasteiger partial charge on any atom is 0.325 e. The number of carbonyl (C=O) groups excluding carboxylic acids is 2. The number of aromatic nitrogens is 1. The molecule has 110 valence electrons. The molecule has 20 heavy (non-hydrogen) atoms. The van der Waals surface area contributed by atoms with Crippen LogP contribution in [-0.4, -0.2) is 55.6 Å². The number of likely N-dealkylation sites (N-methyl/N-ethyl adjacent to an activating group) is 2. The molecule has 0 aliphatic carbocycles. The van der Waals surface area contributed by atoms with Crippen LogP contribution in [0.4, 0.5) is 5.82 Å². The first-order valence-electron chi connectivity index (χ1n) is 6.16. The van der Waals surface area contributed by atoms with E-state index in [1.54, 1.807) is 38.1 Å². The van der Waals surface area contributed by atoms with Crippen molar-refractivity contribution >= 4 is 29.3 Å². The molecule has 0 aromatic carbocycles. The molecule has 0 atom stereocenters. The highest BCUT2D eigenvalue weighted by Gasteiger charge is 2.16. The highest BCUT2D eigenvalue weighted by molar-refractivity contribution is 6.30. The Hall–Kier alpha value is -1.82. The molecule has 0 saturated heterocycles. The molecule has 0 radical (unpaired) electrons. The molecule has 7 heteroatoms. The molecule has 0 aliphatic rings. The van der Waals surface area contributed by atoms with Crippen molar-refractivity contribution in [2.45, 2.75) is 6.92 Å². The molecule has 0 aliphatic heterocycles. The molecule has 0 bridgehead atoms. The summed E-state index contributed by atoms with van der Waals surface area (Å²) in [5.41, 5.74) is 0. The van der Waals surface area contributed by atoms with Gasteiger partial charge in [-0.15, -0.1) is 0 Å². The van der Waals surface area contributed by atoms with E-state index in [0.29, 0.717) is 17.4 Å². The Bertz CT molecular complexity index is 464. The quantitative estimate of drug-likeness (QED) is 0.739. The number of halogens is 1. The molecule has 1 aromatic rings. The zero-order valence-electron chi connectivity index (χ0n) is 11.8. The lowest BCUT2D eigenvalue weighted by Gasteiger charge is -2.22. The van der Waals surface area contributed by atoms with Gasteiger partial charge in [0, 0.05) is 20.3 Å². The predicted molar refractivity (Wildman–Crippen MR) is 76.8 cm³/mol. The minimum Gasteiger partial charge on any atom is -0.465 e. The van der Waals surface area contributed by atoms with Gasteiger partial charge in [-0.3, -0.25) is 9.59 Å². The maximum atomic E-state index is 12.0. The Kier molecular flexibility index (Phi) is 6.24. The second-order valence-electron chi connectivity index (χ2n) is 4.25. The summed E-state index contributed by atoms with van der Waals surface area (Å²) in [4.78, 5) is 30.4. The molecule has 1 amide bonds. The number of rotatable bonds is 6. The number of hydrogen-bond acceptors (Lipinski definition) is 5. The van der Waals surface area contributed by atoms with Gasteiger partial charge in [0.15, 0.2) is 0 Å². The highest BCUT2D eigenvalue weighted by atomic mass is 35.5. The second kappa shape index (κ2) is 7.69. The van der Waals surface area contributed by atoms with E-state index in [-0.39, 0.29) is 19.0 Å². The molecule has 0 spiro atoms. The van der Waals surface area contributed by atoms with Gasteiger partial charge in [0.25, 0.3) is 0 Å². The first-order valence-corrected chi connectivity index (χ1v) is 6.54. The molecule has 1 aromatic heterocycles. The van der Waals surface area contributed by atoms with Crippen molar-refractivity contribution in [3.05, 3.63) is 23.4 Å². The van der Waals surface area contributed by atoms with Crippen molar-refractivity contribution in [3.8, 4) is 0 Å². The average molecular weight is 300 g/mol. The number of carbonyl (C=O) groups is 2. The summed E-state index contributed by atoms with van der Waals surface area (Å²) in [5.74, 6) is 0.0141. The fourth-order valence-electron chi connectivity index (χ4n) is 1.49. The summed E-state index contributed by atoms with van der Waals surface area (Å²) in [6, 6.07) is 3.42. The molecule has 6 nitrogen and oxygen atoms in total. The standard InChI is InChI=1S/C13H18ClN3O3/c1-4-20-13(19)9-17(3)12(18)8-16(2)11-6-5-10(14)7-15-11/h5-7H,4,8-9H2,1-3H3. The summed E-state index contributed by atoms with van der Waals surface area (Å²) in [5, 5.41) is 0.535. The Morgan fingerprint density at radius 3 is 2.55 bits per heavy atom. The maximum absolute atomic E-state index is 12.0. The normalized spacial score (nSPS) is 10.0. The fraction of sp³-hybridized carbons (Fsp3) is 0.462. The van der Waals surface area contributed by atoms with Crippen LogP contribution in [0.25, 0.3) is 0 Å². The lowest BCUT2D eigenvalue weighted by molar-refractivity contribution is -0.147. The molecule has 0 fully saturated rings. The van der Waals surface area contributed by atoms with Crippen LogP contribution in [0.5, 0.6) is 0 Å². The number of anilines is 1. The van der Waals surface area contributed by atoms with Gasteiger partial charge in [-0.2, -0.15) is 0 Å². The van der Waals surface area contributed by atoms with Crippen molar-refractivity contribution in [3.63, 3.8) is 0 Å². The van der Waals surface area contributed by atoms with E-state index in [9.17, 15) is 9.59 Å². The third-order valence-corrected chi connectivity index (χ3v) is 2.80. The molecule has 1 heterocycles. The van der Waals surface area contributed by atoms with Gasteiger partial charge in [-0.25, -0.2) is 4.98 Å². The lowest BCUT2D eigenvalue weighted by atomic mass is 10.4. The van der Waals surface area contributed by atoms with Crippen LogP contribution in [0.2, 0.25) is 5.02 Å². The molecule has 0 unspecified atom stereocenters. The highest BCUT2D eigenvalue weighted by Crippen LogP contribution is 2.12. The number of pyridine rings is 1. The zero-order valence-corrected chi connectivity index (χ0v) is 12.6. The number of ether oxygens (including phenoxy) is 1. The van der Waals surface area contributed by atoms with Gasteiger partial charge in [-0.1, -0.05) is 11.6 Å². The van der Waals surface area contributed by atoms with Crippen LogP contribution in [0.3, 0.4) is 0 Å². The second-order valence-corrected chi connectivity index (χ2v) is 4.68. The van der Waals surface area contributed by atoms with Crippen molar-refractivity contribution in [2.24, 2.45) is 0 Å². The largest absolute Gasteiger partial charge is 0.465 e. The number of nitrogens with zero attached hydrogens (tertiary/aromatic N) is 3. The van der Waals surface area contributed by atoms with E-state index >= 15 is 0 Å². The third kappa shape index (κ3) is 5.05. The first-order chi connectivity index (χ1) is 9.43. The minimum absolute atomic E-state index is 0.0610. The van der Waals surface area contributed by atoms with Crippen molar-refractivity contribution in [2.75, 3.05) is 38.7 Å². The Morgan fingerprint density at radius 2 is 2.00 bits per heavy atom. The van der Waals surface area contributed by atoms with E-state index in [0.717, 1.165) is 0 Å². The van der Waals surface area contributed by atoms with Gasteiger partial charge in [0.1, 0.15) is 12.4 Å². The third-order valence-electron chi connectivity index (χ3n) is 2.57. The number of hydrogen-bond donors (Lipinski definition) is 0. The monoisotopic (exact) mass is 299 g/mol. The summed E-state index contributed by atoms with van der Waals surface area (Å²) >= 11 is 5.75. The van der Waals surface area contributed by atoms with Crippen LogP contribution in [0.15, 0.2) is 18.3 Å².